The number of carboxylic acid groups (broad SMARTS) is 1. The summed E-state index contributed by atoms with van der Waals surface area (Å²) in [6.45, 7) is -2.88. The van der Waals surface area contributed by atoms with E-state index in [1.54, 1.807) is 0 Å². The van der Waals surface area contributed by atoms with E-state index in [0.717, 1.165) is 0 Å². The van der Waals surface area contributed by atoms with Crippen molar-refractivity contribution < 1.29 is 28.2 Å². The highest BCUT2D eigenvalue weighted by molar-refractivity contribution is 5.79. The Hall–Kier alpha value is -2.18. The largest absolute Gasteiger partial charge is 0.481 e. The average molecular weight is 299 g/mol. The number of alkyl halides is 2. The maximum atomic E-state index is 12.0. The minimum absolute atomic E-state index is 0.0393. The number of carbonyl (C=O) groups is 2. The molecule has 0 spiro atoms. The van der Waals surface area contributed by atoms with Crippen LogP contribution in [0.1, 0.15) is 18.4 Å². The lowest BCUT2D eigenvalue weighted by Gasteiger charge is -2.32. The smallest absolute Gasteiger partial charge is 0.387 e. The van der Waals surface area contributed by atoms with Gasteiger partial charge < -0.3 is 15.2 Å². The Morgan fingerprint density at radius 3 is 2.43 bits per heavy atom. The van der Waals surface area contributed by atoms with Crippen molar-refractivity contribution >= 4 is 11.9 Å². The van der Waals surface area contributed by atoms with Crippen LogP contribution in [0.25, 0.3) is 0 Å². The van der Waals surface area contributed by atoms with E-state index in [2.05, 4.69) is 10.1 Å². The lowest BCUT2D eigenvalue weighted by molar-refractivity contribution is -0.146. The third kappa shape index (κ3) is 4.40. The zero-order chi connectivity index (χ0) is 15.4. The zero-order valence-electron chi connectivity index (χ0n) is 11.1. The quantitative estimate of drug-likeness (QED) is 0.840. The van der Waals surface area contributed by atoms with Crippen LogP contribution in [0.5, 0.6) is 5.75 Å². The van der Waals surface area contributed by atoms with Crippen molar-refractivity contribution in [3.05, 3.63) is 29.8 Å². The molecule has 0 aliphatic heterocycles. The van der Waals surface area contributed by atoms with Gasteiger partial charge in [-0.15, -0.1) is 0 Å². The molecule has 0 heterocycles. The third-order valence-corrected chi connectivity index (χ3v) is 3.37. The molecule has 1 aromatic rings. The number of amides is 1. The van der Waals surface area contributed by atoms with E-state index in [9.17, 15) is 18.4 Å². The summed E-state index contributed by atoms with van der Waals surface area (Å²) >= 11 is 0. The first kappa shape index (κ1) is 15.2. The Morgan fingerprint density at radius 1 is 1.29 bits per heavy atom. The van der Waals surface area contributed by atoms with E-state index >= 15 is 0 Å². The molecule has 2 N–H and O–H groups in total. The summed E-state index contributed by atoms with van der Waals surface area (Å²) in [5, 5.41) is 11.5. The molecule has 0 unspecified atom stereocenters. The average Bonchev–Trinajstić information content (AvgIpc) is 2.34. The third-order valence-electron chi connectivity index (χ3n) is 3.37. The van der Waals surface area contributed by atoms with Crippen molar-refractivity contribution in [3.63, 3.8) is 0 Å². The first-order chi connectivity index (χ1) is 9.94. The number of rotatable bonds is 6. The number of hydrogen-bond donors (Lipinski definition) is 2. The number of halogens is 2. The molecular formula is C14H15F2NO4. The van der Waals surface area contributed by atoms with Gasteiger partial charge in [0, 0.05) is 6.04 Å². The van der Waals surface area contributed by atoms with Gasteiger partial charge in [-0.2, -0.15) is 8.78 Å². The van der Waals surface area contributed by atoms with Crippen LogP contribution in [-0.4, -0.2) is 29.6 Å². The van der Waals surface area contributed by atoms with Crippen molar-refractivity contribution in [2.24, 2.45) is 5.92 Å². The lowest BCUT2D eigenvalue weighted by atomic mass is 9.80. The number of carbonyl (C=O) groups excluding carboxylic acids is 1. The van der Waals surface area contributed by atoms with Gasteiger partial charge in [0.15, 0.2) is 0 Å². The predicted molar refractivity (Wildman–Crippen MR) is 69.1 cm³/mol. The SMILES string of the molecule is O=C(Cc1ccc(OC(F)F)cc1)NC1CC(C(=O)O)C1. The summed E-state index contributed by atoms with van der Waals surface area (Å²) in [5.41, 5.74) is 0.670. The van der Waals surface area contributed by atoms with Crippen LogP contribution < -0.4 is 10.1 Å². The molecule has 0 radical (unpaired) electrons. The molecular weight excluding hydrogens is 284 g/mol. The number of ether oxygens (including phenoxy) is 1. The fraction of sp³-hybridized carbons (Fsp3) is 0.429. The number of aliphatic carboxylic acids is 1. The Kier molecular flexibility index (Phi) is 4.72. The fourth-order valence-electron chi connectivity index (χ4n) is 2.19. The number of carboxylic acids is 1. The van der Waals surface area contributed by atoms with E-state index < -0.39 is 12.6 Å². The summed E-state index contributed by atoms with van der Waals surface area (Å²) in [5.74, 6) is -1.39. The predicted octanol–water partition coefficient (Wildman–Crippen LogP) is 1.81. The molecule has 0 aromatic heterocycles. The maximum Gasteiger partial charge on any atom is 0.387 e. The Balaban J connectivity index is 1.77. The van der Waals surface area contributed by atoms with E-state index in [1.165, 1.54) is 24.3 Å². The second-order valence-electron chi connectivity index (χ2n) is 4.97. The molecule has 1 fully saturated rings. The van der Waals surface area contributed by atoms with Gasteiger partial charge in [0.05, 0.1) is 12.3 Å². The molecule has 1 saturated carbocycles. The minimum atomic E-state index is -2.88. The molecule has 2 rings (SSSR count). The van der Waals surface area contributed by atoms with E-state index in [4.69, 9.17) is 5.11 Å². The van der Waals surface area contributed by atoms with Crippen LogP contribution in [0.15, 0.2) is 24.3 Å². The summed E-state index contributed by atoms with van der Waals surface area (Å²) in [6.07, 6.45) is 1.01. The fourth-order valence-corrected chi connectivity index (χ4v) is 2.19. The summed E-state index contributed by atoms with van der Waals surface area (Å²) in [6, 6.07) is 5.73. The summed E-state index contributed by atoms with van der Waals surface area (Å²) in [7, 11) is 0. The number of hydrogen-bond acceptors (Lipinski definition) is 3. The van der Waals surface area contributed by atoms with Crippen molar-refractivity contribution in [2.75, 3.05) is 0 Å². The van der Waals surface area contributed by atoms with Crippen LogP contribution in [0.4, 0.5) is 8.78 Å². The zero-order valence-corrected chi connectivity index (χ0v) is 11.1. The Morgan fingerprint density at radius 2 is 1.90 bits per heavy atom. The van der Waals surface area contributed by atoms with Crippen LogP contribution >= 0.6 is 0 Å². The van der Waals surface area contributed by atoms with Gasteiger partial charge in [0.1, 0.15) is 5.75 Å². The molecule has 5 nitrogen and oxygen atoms in total. The second-order valence-corrected chi connectivity index (χ2v) is 4.97. The first-order valence-electron chi connectivity index (χ1n) is 6.50. The second kappa shape index (κ2) is 6.51. The van der Waals surface area contributed by atoms with Gasteiger partial charge in [-0.1, -0.05) is 12.1 Å². The van der Waals surface area contributed by atoms with Gasteiger partial charge in [0.25, 0.3) is 0 Å². The highest BCUT2D eigenvalue weighted by Crippen LogP contribution is 2.27. The topological polar surface area (TPSA) is 75.6 Å². The lowest BCUT2D eigenvalue weighted by Crippen LogP contribution is -2.47. The monoisotopic (exact) mass is 299 g/mol. The molecule has 0 saturated heterocycles. The standard InChI is InChI=1S/C14H15F2NO4/c15-14(16)21-11-3-1-8(2-4-11)5-12(18)17-10-6-9(7-10)13(19)20/h1-4,9-10,14H,5-7H2,(H,17,18)(H,19,20). The van der Waals surface area contributed by atoms with Crippen LogP contribution in [0.3, 0.4) is 0 Å². The Bertz CT molecular complexity index is 512. The first-order valence-corrected chi connectivity index (χ1v) is 6.50. The van der Waals surface area contributed by atoms with Crippen molar-refractivity contribution in [1.82, 2.24) is 5.32 Å². The van der Waals surface area contributed by atoms with Gasteiger partial charge in [-0.25, -0.2) is 0 Å². The van der Waals surface area contributed by atoms with Crippen molar-refractivity contribution in [3.8, 4) is 5.75 Å². The van der Waals surface area contributed by atoms with Crippen molar-refractivity contribution in [2.45, 2.75) is 31.9 Å². The van der Waals surface area contributed by atoms with Gasteiger partial charge >= 0.3 is 12.6 Å². The molecule has 114 valence electrons. The number of benzene rings is 1. The molecule has 0 atom stereocenters. The summed E-state index contributed by atoms with van der Waals surface area (Å²) in [4.78, 5) is 22.4. The molecule has 1 aliphatic carbocycles. The molecule has 21 heavy (non-hydrogen) atoms. The molecule has 0 bridgehead atoms. The minimum Gasteiger partial charge on any atom is -0.481 e. The van der Waals surface area contributed by atoms with E-state index in [0.29, 0.717) is 18.4 Å². The highest BCUT2D eigenvalue weighted by Gasteiger charge is 2.35. The Labute approximate surface area is 119 Å². The maximum absolute atomic E-state index is 12.0. The highest BCUT2D eigenvalue weighted by atomic mass is 19.3. The van der Waals surface area contributed by atoms with Crippen LogP contribution in [-0.2, 0) is 16.0 Å². The van der Waals surface area contributed by atoms with Crippen LogP contribution in [0.2, 0.25) is 0 Å². The van der Waals surface area contributed by atoms with Crippen LogP contribution in [0, 0.1) is 5.92 Å². The van der Waals surface area contributed by atoms with Gasteiger partial charge in [-0.3, -0.25) is 9.59 Å². The molecule has 1 amide bonds. The molecule has 1 aliphatic rings. The van der Waals surface area contributed by atoms with Gasteiger partial charge in [0.2, 0.25) is 5.91 Å². The molecule has 1 aromatic carbocycles. The van der Waals surface area contributed by atoms with Crippen molar-refractivity contribution in [1.29, 1.82) is 0 Å². The molecule has 7 heteroatoms. The normalized spacial score (nSPS) is 20.7. The summed E-state index contributed by atoms with van der Waals surface area (Å²) < 4.78 is 28.2. The number of nitrogens with one attached hydrogen (secondary N) is 1. The van der Waals surface area contributed by atoms with Gasteiger partial charge in [-0.05, 0) is 30.5 Å². The van der Waals surface area contributed by atoms with E-state index in [1.807, 2.05) is 0 Å². The van der Waals surface area contributed by atoms with E-state index in [-0.39, 0.29) is 30.0 Å².